The molecule has 1 atom stereocenters. The van der Waals surface area contributed by atoms with Gasteiger partial charge < -0.3 is 14.8 Å². The Bertz CT molecular complexity index is 602. The van der Waals surface area contributed by atoms with Crippen molar-refractivity contribution in [1.29, 1.82) is 0 Å². The van der Waals surface area contributed by atoms with E-state index < -0.39 is 0 Å². The Labute approximate surface area is 137 Å². The van der Waals surface area contributed by atoms with Gasteiger partial charge in [0.1, 0.15) is 12.6 Å². The summed E-state index contributed by atoms with van der Waals surface area (Å²) in [6.45, 7) is 5.56. The van der Waals surface area contributed by atoms with Gasteiger partial charge in [-0.05, 0) is 26.0 Å². The number of nitrogens with two attached hydrogens (primary N) is 1. The molecule has 118 valence electrons. The summed E-state index contributed by atoms with van der Waals surface area (Å²) in [6.07, 6.45) is 0. The summed E-state index contributed by atoms with van der Waals surface area (Å²) in [4.78, 5) is 0. The molecule has 0 aromatic heterocycles. The first kappa shape index (κ1) is 16.7. The van der Waals surface area contributed by atoms with Crippen LogP contribution in [0.2, 0.25) is 5.02 Å². The lowest BCUT2D eigenvalue weighted by Crippen LogP contribution is -2.83. The fourth-order valence-corrected chi connectivity index (χ4v) is 2.72. The predicted molar refractivity (Wildman–Crippen MR) is 89.7 cm³/mol. The molecule has 22 heavy (non-hydrogen) atoms. The minimum atomic E-state index is 0.387. The highest BCUT2D eigenvalue weighted by molar-refractivity contribution is 6.32. The number of halogens is 1. The third kappa shape index (κ3) is 4.15. The Kier molecular flexibility index (Phi) is 6.10. The molecule has 2 aromatic carbocycles. The molecule has 0 radical (unpaired) electrons. The molecule has 0 unspecified atom stereocenters. The van der Waals surface area contributed by atoms with E-state index in [1.54, 1.807) is 7.11 Å². The smallest absolute Gasteiger partial charge is 0.179 e. The van der Waals surface area contributed by atoms with Crippen molar-refractivity contribution in [2.24, 2.45) is 0 Å². The Morgan fingerprint density at radius 1 is 1.18 bits per heavy atom. The zero-order chi connectivity index (χ0) is 15.9. The predicted octanol–water partition coefficient (Wildman–Crippen LogP) is 3.57. The number of ether oxygens (including phenoxy) is 2. The Morgan fingerprint density at radius 2 is 1.91 bits per heavy atom. The number of benzene rings is 2. The molecule has 2 rings (SSSR count). The highest BCUT2D eigenvalue weighted by Crippen LogP contribution is 2.36. The quantitative estimate of drug-likeness (QED) is 0.846. The van der Waals surface area contributed by atoms with Crippen molar-refractivity contribution in [3.05, 3.63) is 58.6 Å². The van der Waals surface area contributed by atoms with Crippen LogP contribution in [0.5, 0.6) is 11.5 Å². The third-order valence-corrected chi connectivity index (χ3v) is 3.89. The van der Waals surface area contributed by atoms with Crippen LogP contribution in [0, 0.1) is 0 Å². The van der Waals surface area contributed by atoms with Crippen molar-refractivity contribution >= 4 is 11.6 Å². The average Bonchev–Trinajstić information content (AvgIpc) is 2.53. The summed E-state index contributed by atoms with van der Waals surface area (Å²) in [7, 11) is 1.60. The Morgan fingerprint density at radius 3 is 2.55 bits per heavy atom. The molecule has 2 aromatic rings. The van der Waals surface area contributed by atoms with Gasteiger partial charge in [0, 0.05) is 11.1 Å². The number of methoxy groups -OCH3 is 1. The van der Waals surface area contributed by atoms with Crippen LogP contribution in [-0.4, -0.2) is 13.7 Å². The minimum absolute atomic E-state index is 0.387. The van der Waals surface area contributed by atoms with Gasteiger partial charge in [0.2, 0.25) is 0 Å². The largest absolute Gasteiger partial charge is 0.491 e. The zero-order valence-electron chi connectivity index (χ0n) is 13.3. The Balaban J connectivity index is 2.09. The van der Waals surface area contributed by atoms with E-state index >= 15 is 0 Å². The van der Waals surface area contributed by atoms with E-state index in [1.165, 1.54) is 5.56 Å². The van der Waals surface area contributed by atoms with Crippen LogP contribution in [0.3, 0.4) is 0 Å². The van der Waals surface area contributed by atoms with Crippen LogP contribution in [0.1, 0.15) is 31.0 Å². The molecule has 0 saturated heterocycles. The van der Waals surface area contributed by atoms with Crippen molar-refractivity contribution in [3.8, 4) is 11.5 Å². The summed E-state index contributed by atoms with van der Waals surface area (Å²) < 4.78 is 10.9. The molecule has 4 heteroatoms. The molecule has 0 spiro atoms. The van der Waals surface area contributed by atoms with Gasteiger partial charge in [-0.1, -0.05) is 41.9 Å². The highest BCUT2D eigenvalue weighted by atomic mass is 35.5. The van der Waals surface area contributed by atoms with Crippen LogP contribution in [0.15, 0.2) is 42.5 Å². The number of hydrogen-bond acceptors (Lipinski definition) is 2. The van der Waals surface area contributed by atoms with E-state index in [0.717, 1.165) is 12.1 Å². The molecule has 3 nitrogen and oxygen atoms in total. The van der Waals surface area contributed by atoms with E-state index in [2.05, 4.69) is 36.5 Å². The van der Waals surface area contributed by atoms with Crippen molar-refractivity contribution < 1.29 is 14.8 Å². The van der Waals surface area contributed by atoms with Gasteiger partial charge in [-0.2, -0.15) is 0 Å². The summed E-state index contributed by atoms with van der Waals surface area (Å²) in [6, 6.07) is 14.8. The molecule has 0 fully saturated rings. The molecule has 0 bridgehead atoms. The lowest BCUT2D eigenvalue weighted by atomic mass is 10.1. The van der Waals surface area contributed by atoms with Crippen LogP contribution in [0.25, 0.3) is 0 Å². The van der Waals surface area contributed by atoms with Crippen LogP contribution < -0.4 is 14.8 Å². The SMILES string of the molecule is CCOc1cc(C[NH2+][C@@H](C)c2ccccc2)cc(Cl)c1OC. The molecular weight excluding hydrogens is 298 g/mol. The van der Waals surface area contributed by atoms with E-state index in [1.807, 2.05) is 25.1 Å². The standard InChI is InChI=1S/C18H22ClNO2/c1-4-22-17-11-14(10-16(19)18(17)21-3)12-20-13(2)15-8-6-5-7-9-15/h5-11,13,20H,4,12H2,1-3H3/p+1/t13-/m0/s1. The van der Waals surface area contributed by atoms with Gasteiger partial charge in [-0.3, -0.25) is 0 Å². The monoisotopic (exact) mass is 320 g/mol. The van der Waals surface area contributed by atoms with E-state index in [9.17, 15) is 0 Å². The number of hydrogen-bond donors (Lipinski definition) is 1. The molecular formula is C18H23ClNO2+. The molecule has 2 N–H and O–H groups in total. The first-order valence-corrected chi connectivity index (χ1v) is 7.91. The normalized spacial score (nSPS) is 12.0. The topological polar surface area (TPSA) is 35.1 Å². The second kappa shape index (κ2) is 8.06. The summed E-state index contributed by atoms with van der Waals surface area (Å²) in [5.41, 5.74) is 2.43. The van der Waals surface area contributed by atoms with Gasteiger partial charge in [0.25, 0.3) is 0 Å². The van der Waals surface area contributed by atoms with Crippen LogP contribution in [0.4, 0.5) is 0 Å². The van der Waals surface area contributed by atoms with Gasteiger partial charge in [0.05, 0.1) is 18.7 Å². The van der Waals surface area contributed by atoms with E-state index in [4.69, 9.17) is 21.1 Å². The number of quaternary nitrogens is 1. The van der Waals surface area contributed by atoms with Crippen molar-refractivity contribution in [3.63, 3.8) is 0 Å². The van der Waals surface area contributed by atoms with E-state index in [-0.39, 0.29) is 0 Å². The summed E-state index contributed by atoms with van der Waals surface area (Å²) >= 11 is 6.28. The number of rotatable bonds is 7. The molecule has 0 aliphatic carbocycles. The maximum Gasteiger partial charge on any atom is 0.179 e. The summed E-state index contributed by atoms with van der Waals surface area (Å²) in [5.74, 6) is 1.30. The van der Waals surface area contributed by atoms with Crippen molar-refractivity contribution in [2.75, 3.05) is 13.7 Å². The van der Waals surface area contributed by atoms with Gasteiger partial charge in [0.15, 0.2) is 11.5 Å². The highest BCUT2D eigenvalue weighted by Gasteiger charge is 2.14. The molecule has 0 saturated carbocycles. The third-order valence-electron chi connectivity index (χ3n) is 3.61. The first-order valence-electron chi connectivity index (χ1n) is 7.53. The van der Waals surface area contributed by atoms with Gasteiger partial charge >= 0.3 is 0 Å². The van der Waals surface area contributed by atoms with Gasteiger partial charge in [-0.25, -0.2) is 0 Å². The fraction of sp³-hybridized carbons (Fsp3) is 0.333. The fourth-order valence-electron chi connectivity index (χ4n) is 2.41. The first-order chi connectivity index (χ1) is 10.7. The van der Waals surface area contributed by atoms with E-state index in [0.29, 0.717) is 29.2 Å². The molecule has 0 heterocycles. The average molecular weight is 321 g/mol. The molecule has 0 aliphatic heterocycles. The Hall–Kier alpha value is -1.71. The van der Waals surface area contributed by atoms with Gasteiger partial charge in [-0.15, -0.1) is 0 Å². The minimum Gasteiger partial charge on any atom is -0.491 e. The molecule has 0 aliphatic rings. The van der Waals surface area contributed by atoms with Crippen LogP contribution >= 0.6 is 11.6 Å². The summed E-state index contributed by atoms with van der Waals surface area (Å²) in [5, 5.41) is 2.87. The maximum atomic E-state index is 6.28. The van der Waals surface area contributed by atoms with Crippen molar-refractivity contribution in [2.45, 2.75) is 26.4 Å². The van der Waals surface area contributed by atoms with Crippen LogP contribution in [-0.2, 0) is 6.54 Å². The molecule has 0 amide bonds. The second-order valence-electron chi connectivity index (χ2n) is 5.18. The lowest BCUT2D eigenvalue weighted by Gasteiger charge is -2.14. The lowest BCUT2D eigenvalue weighted by molar-refractivity contribution is -0.707. The van der Waals surface area contributed by atoms with Crippen molar-refractivity contribution in [1.82, 2.24) is 0 Å². The maximum absolute atomic E-state index is 6.28. The second-order valence-corrected chi connectivity index (χ2v) is 5.59. The zero-order valence-corrected chi connectivity index (χ0v) is 14.1.